The van der Waals surface area contributed by atoms with Crippen molar-refractivity contribution in [2.75, 3.05) is 31.5 Å². The molecule has 1 aromatic heterocycles. The summed E-state index contributed by atoms with van der Waals surface area (Å²) in [7, 11) is 0. The zero-order valence-electron chi connectivity index (χ0n) is 15.0. The molecule has 1 fully saturated rings. The van der Waals surface area contributed by atoms with E-state index in [1.807, 2.05) is 13.1 Å². The standard InChI is InChI=1S/C19H27N5O/c1-3-24-14-17(12-21-24)22-19(25)20-9-11-23-10-8-16(13-23)18-7-5-4-6-15(18)2/h4-7,12,14,16H,3,8-11,13H2,1-2H3,(H2,20,22,25)/t16-/m0/s1. The summed E-state index contributed by atoms with van der Waals surface area (Å²) in [6.07, 6.45) is 4.68. The maximum atomic E-state index is 11.9. The van der Waals surface area contributed by atoms with Gasteiger partial charge in [0, 0.05) is 32.4 Å². The number of nitrogens with one attached hydrogen (secondary N) is 2. The number of amides is 2. The number of benzene rings is 1. The first-order valence-electron chi connectivity index (χ1n) is 9.01. The fraction of sp³-hybridized carbons (Fsp3) is 0.474. The Bertz CT molecular complexity index is 711. The van der Waals surface area contributed by atoms with Crippen LogP contribution in [0.4, 0.5) is 10.5 Å². The maximum Gasteiger partial charge on any atom is 0.319 e. The highest BCUT2D eigenvalue weighted by molar-refractivity contribution is 5.88. The van der Waals surface area contributed by atoms with Crippen LogP contribution in [0.25, 0.3) is 0 Å². The Morgan fingerprint density at radius 1 is 1.36 bits per heavy atom. The molecule has 1 aromatic carbocycles. The molecule has 2 N–H and O–H groups in total. The minimum atomic E-state index is -0.176. The number of hydrogen-bond donors (Lipinski definition) is 2. The molecule has 2 amide bonds. The van der Waals surface area contributed by atoms with Crippen molar-refractivity contribution in [1.29, 1.82) is 0 Å². The van der Waals surface area contributed by atoms with Gasteiger partial charge < -0.3 is 15.5 Å². The number of aromatic nitrogens is 2. The summed E-state index contributed by atoms with van der Waals surface area (Å²) in [6.45, 7) is 8.67. The summed E-state index contributed by atoms with van der Waals surface area (Å²) in [5.41, 5.74) is 3.56. The summed E-state index contributed by atoms with van der Waals surface area (Å²) >= 11 is 0. The van der Waals surface area contributed by atoms with Crippen molar-refractivity contribution >= 4 is 11.7 Å². The molecule has 0 bridgehead atoms. The highest BCUT2D eigenvalue weighted by Gasteiger charge is 2.24. The normalized spacial score (nSPS) is 17.6. The number of likely N-dealkylation sites (tertiary alicyclic amines) is 1. The van der Waals surface area contributed by atoms with Crippen LogP contribution in [0.3, 0.4) is 0 Å². The topological polar surface area (TPSA) is 62.2 Å². The first-order chi connectivity index (χ1) is 12.2. The molecule has 0 aliphatic carbocycles. The van der Waals surface area contributed by atoms with Crippen molar-refractivity contribution in [2.45, 2.75) is 32.7 Å². The Balaban J connectivity index is 1.39. The van der Waals surface area contributed by atoms with Gasteiger partial charge in [-0.15, -0.1) is 0 Å². The second-order valence-corrected chi connectivity index (χ2v) is 6.61. The lowest BCUT2D eigenvalue weighted by Gasteiger charge is -2.17. The Morgan fingerprint density at radius 2 is 2.20 bits per heavy atom. The number of carbonyl (C=O) groups excluding carboxylic acids is 1. The zero-order valence-corrected chi connectivity index (χ0v) is 15.0. The molecule has 2 aromatic rings. The smallest absolute Gasteiger partial charge is 0.319 e. The monoisotopic (exact) mass is 341 g/mol. The number of rotatable bonds is 6. The van der Waals surface area contributed by atoms with E-state index < -0.39 is 0 Å². The van der Waals surface area contributed by atoms with E-state index in [-0.39, 0.29) is 6.03 Å². The van der Waals surface area contributed by atoms with Crippen molar-refractivity contribution in [3.63, 3.8) is 0 Å². The highest BCUT2D eigenvalue weighted by atomic mass is 16.2. The fourth-order valence-corrected chi connectivity index (χ4v) is 3.44. The van der Waals surface area contributed by atoms with Crippen LogP contribution in [-0.4, -0.2) is 46.9 Å². The van der Waals surface area contributed by atoms with E-state index in [1.54, 1.807) is 10.9 Å². The van der Waals surface area contributed by atoms with Gasteiger partial charge in [0.15, 0.2) is 0 Å². The van der Waals surface area contributed by atoms with Crippen molar-refractivity contribution < 1.29 is 4.79 Å². The number of carbonyl (C=O) groups is 1. The van der Waals surface area contributed by atoms with Gasteiger partial charge in [-0.1, -0.05) is 24.3 Å². The van der Waals surface area contributed by atoms with Gasteiger partial charge in [0.05, 0.1) is 11.9 Å². The van der Waals surface area contributed by atoms with Gasteiger partial charge in [-0.25, -0.2) is 4.79 Å². The molecule has 1 saturated heterocycles. The third-order valence-corrected chi connectivity index (χ3v) is 4.83. The van der Waals surface area contributed by atoms with E-state index in [0.717, 1.165) is 31.9 Å². The van der Waals surface area contributed by atoms with Crippen molar-refractivity contribution in [2.24, 2.45) is 0 Å². The Hall–Kier alpha value is -2.34. The van der Waals surface area contributed by atoms with Crippen molar-refractivity contribution in [1.82, 2.24) is 20.0 Å². The highest BCUT2D eigenvalue weighted by Crippen LogP contribution is 2.28. The predicted octanol–water partition coefficient (Wildman–Crippen LogP) is 2.82. The molecule has 3 rings (SSSR count). The molecule has 1 aliphatic heterocycles. The average molecular weight is 341 g/mol. The molecule has 1 aliphatic rings. The van der Waals surface area contributed by atoms with Crippen LogP contribution in [0.2, 0.25) is 0 Å². The fourth-order valence-electron chi connectivity index (χ4n) is 3.44. The summed E-state index contributed by atoms with van der Waals surface area (Å²) in [5, 5.41) is 9.88. The quantitative estimate of drug-likeness (QED) is 0.849. The van der Waals surface area contributed by atoms with Crippen LogP contribution in [0.1, 0.15) is 30.4 Å². The lowest BCUT2D eigenvalue weighted by atomic mass is 9.94. The van der Waals surface area contributed by atoms with E-state index in [1.165, 1.54) is 17.5 Å². The zero-order chi connectivity index (χ0) is 17.6. The van der Waals surface area contributed by atoms with Gasteiger partial charge in [0.2, 0.25) is 0 Å². The minimum absolute atomic E-state index is 0.176. The van der Waals surface area contributed by atoms with Crippen LogP contribution in [0.5, 0.6) is 0 Å². The van der Waals surface area contributed by atoms with Gasteiger partial charge in [-0.3, -0.25) is 4.68 Å². The van der Waals surface area contributed by atoms with E-state index in [2.05, 4.69) is 51.8 Å². The summed E-state index contributed by atoms with van der Waals surface area (Å²) in [6, 6.07) is 8.47. The molecule has 134 valence electrons. The van der Waals surface area contributed by atoms with E-state index >= 15 is 0 Å². The van der Waals surface area contributed by atoms with Crippen LogP contribution < -0.4 is 10.6 Å². The Morgan fingerprint density at radius 3 is 2.96 bits per heavy atom. The van der Waals surface area contributed by atoms with Gasteiger partial charge >= 0.3 is 6.03 Å². The molecule has 25 heavy (non-hydrogen) atoms. The average Bonchev–Trinajstić information content (AvgIpc) is 3.25. The lowest BCUT2D eigenvalue weighted by Crippen LogP contribution is -2.36. The summed E-state index contributed by atoms with van der Waals surface area (Å²) in [5.74, 6) is 0.606. The maximum absolute atomic E-state index is 11.9. The third-order valence-electron chi connectivity index (χ3n) is 4.83. The third kappa shape index (κ3) is 4.60. The molecule has 1 atom stereocenters. The van der Waals surface area contributed by atoms with Crippen molar-refractivity contribution in [3.05, 3.63) is 47.8 Å². The molecule has 0 saturated carbocycles. The van der Waals surface area contributed by atoms with Crippen LogP contribution >= 0.6 is 0 Å². The molecular formula is C19H27N5O. The lowest BCUT2D eigenvalue weighted by molar-refractivity contribution is 0.249. The first-order valence-corrected chi connectivity index (χ1v) is 9.01. The number of nitrogens with zero attached hydrogens (tertiary/aromatic N) is 3. The van der Waals surface area contributed by atoms with Crippen LogP contribution in [0, 0.1) is 6.92 Å². The van der Waals surface area contributed by atoms with Crippen LogP contribution in [0.15, 0.2) is 36.7 Å². The van der Waals surface area contributed by atoms with Crippen LogP contribution in [-0.2, 0) is 6.54 Å². The molecule has 0 unspecified atom stereocenters. The molecule has 0 radical (unpaired) electrons. The SMILES string of the molecule is CCn1cc(NC(=O)NCCN2CC[C@H](c3ccccc3C)C2)cn1. The Labute approximate surface area is 149 Å². The molecule has 6 nitrogen and oxygen atoms in total. The summed E-state index contributed by atoms with van der Waals surface area (Å²) in [4.78, 5) is 14.4. The number of urea groups is 1. The minimum Gasteiger partial charge on any atom is -0.337 e. The molecule has 2 heterocycles. The molecule has 0 spiro atoms. The first kappa shape index (κ1) is 17.5. The molecule has 6 heteroatoms. The van der Waals surface area contributed by atoms with Gasteiger partial charge in [0.25, 0.3) is 0 Å². The largest absolute Gasteiger partial charge is 0.337 e. The second-order valence-electron chi connectivity index (χ2n) is 6.61. The van der Waals surface area contributed by atoms with E-state index in [0.29, 0.717) is 12.5 Å². The predicted molar refractivity (Wildman–Crippen MR) is 99.9 cm³/mol. The second kappa shape index (κ2) is 8.16. The number of aryl methyl sites for hydroxylation is 2. The Kier molecular flexibility index (Phi) is 5.71. The number of anilines is 1. The van der Waals surface area contributed by atoms with Gasteiger partial charge in [-0.05, 0) is 43.9 Å². The van der Waals surface area contributed by atoms with E-state index in [9.17, 15) is 4.79 Å². The van der Waals surface area contributed by atoms with E-state index in [4.69, 9.17) is 0 Å². The van der Waals surface area contributed by atoms with Crippen molar-refractivity contribution in [3.8, 4) is 0 Å². The van der Waals surface area contributed by atoms with Gasteiger partial charge in [-0.2, -0.15) is 5.10 Å². The molecular weight excluding hydrogens is 314 g/mol. The number of hydrogen-bond acceptors (Lipinski definition) is 3. The van der Waals surface area contributed by atoms with Gasteiger partial charge in [0.1, 0.15) is 0 Å². The summed E-state index contributed by atoms with van der Waals surface area (Å²) < 4.78 is 1.78.